The third-order valence-corrected chi connectivity index (χ3v) is 4.43. The molecule has 5 heteroatoms. The third-order valence-electron chi connectivity index (χ3n) is 3.34. The van der Waals surface area contributed by atoms with Crippen molar-refractivity contribution in [2.24, 2.45) is 0 Å². The minimum Gasteiger partial charge on any atom is -0.477 e. The van der Waals surface area contributed by atoms with Gasteiger partial charge in [-0.3, -0.25) is 4.79 Å². The van der Waals surface area contributed by atoms with E-state index in [-0.39, 0.29) is 16.7 Å². The lowest BCUT2D eigenvalue weighted by molar-refractivity contribution is -0.117. The van der Waals surface area contributed by atoms with Crippen molar-refractivity contribution in [2.45, 2.75) is 26.2 Å². The number of rotatable bonds is 5. The molecule has 0 radical (unpaired) electrons. The van der Waals surface area contributed by atoms with Crippen molar-refractivity contribution in [1.82, 2.24) is 0 Å². The summed E-state index contributed by atoms with van der Waals surface area (Å²) in [6.45, 7) is 3.73. The number of aromatic carboxylic acids is 1. The van der Waals surface area contributed by atoms with Crippen LogP contribution in [0.5, 0.6) is 0 Å². The first-order valence-corrected chi connectivity index (χ1v) is 7.59. The summed E-state index contributed by atoms with van der Waals surface area (Å²) in [5.41, 5.74) is 2.11. The number of carbonyl (C=O) groups is 2. The second-order valence-corrected chi connectivity index (χ2v) is 5.67. The topological polar surface area (TPSA) is 66.4 Å². The molecule has 0 aliphatic heterocycles. The molecule has 4 nitrogen and oxygen atoms in total. The number of carboxylic acid groups (broad SMARTS) is 1. The quantitative estimate of drug-likeness (QED) is 0.880. The van der Waals surface area contributed by atoms with Crippen LogP contribution >= 0.6 is 11.3 Å². The van der Waals surface area contributed by atoms with Gasteiger partial charge in [0.05, 0.1) is 11.6 Å². The van der Waals surface area contributed by atoms with E-state index in [1.54, 1.807) is 12.3 Å². The molecule has 0 saturated carbocycles. The summed E-state index contributed by atoms with van der Waals surface area (Å²) >= 11 is 1.13. The zero-order valence-corrected chi connectivity index (χ0v) is 12.7. The Hall–Kier alpha value is -2.14. The number of carboxylic acids is 1. The molecule has 1 aromatic heterocycles. The summed E-state index contributed by atoms with van der Waals surface area (Å²) in [4.78, 5) is 23.8. The molecule has 0 spiro atoms. The molecule has 0 bridgehead atoms. The fraction of sp³-hybridized carbons (Fsp3) is 0.250. The van der Waals surface area contributed by atoms with Gasteiger partial charge in [0.1, 0.15) is 4.88 Å². The highest BCUT2D eigenvalue weighted by atomic mass is 32.1. The van der Waals surface area contributed by atoms with Crippen LogP contribution in [0.2, 0.25) is 0 Å². The molecule has 1 amide bonds. The van der Waals surface area contributed by atoms with E-state index >= 15 is 0 Å². The molecule has 1 heterocycles. The van der Waals surface area contributed by atoms with Crippen molar-refractivity contribution in [3.63, 3.8) is 0 Å². The summed E-state index contributed by atoms with van der Waals surface area (Å²) in [5, 5.41) is 13.7. The molecule has 2 aromatic rings. The number of nitrogens with one attached hydrogen (secondary N) is 1. The lowest BCUT2D eigenvalue weighted by Gasteiger charge is -2.16. The van der Waals surface area contributed by atoms with Gasteiger partial charge in [-0.15, -0.1) is 11.3 Å². The predicted molar refractivity (Wildman–Crippen MR) is 84.1 cm³/mol. The molecular weight excluding hydrogens is 286 g/mol. The second-order valence-electron chi connectivity index (χ2n) is 4.79. The van der Waals surface area contributed by atoms with Gasteiger partial charge in [0, 0.05) is 0 Å². The highest BCUT2D eigenvalue weighted by Crippen LogP contribution is 2.29. The highest BCUT2D eigenvalue weighted by molar-refractivity contribution is 7.12. The van der Waals surface area contributed by atoms with E-state index < -0.39 is 5.97 Å². The Balaban J connectivity index is 2.25. The normalized spacial score (nSPS) is 11.9. The largest absolute Gasteiger partial charge is 0.477 e. The predicted octanol–water partition coefficient (Wildman–Crippen LogP) is 3.89. The number of thiophene rings is 1. The highest BCUT2D eigenvalue weighted by Gasteiger charge is 2.22. The Kier molecular flexibility index (Phi) is 4.75. The van der Waals surface area contributed by atoms with Gasteiger partial charge in [0.2, 0.25) is 5.91 Å². The lowest BCUT2D eigenvalue weighted by atomic mass is 9.95. The van der Waals surface area contributed by atoms with Crippen LogP contribution in [0, 0.1) is 6.92 Å². The Bertz CT molecular complexity index is 649. The number of carbonyl (C=O) groups excluding carboxylic acids is 1. The molecule has 1 aromatic carbocycles. The molecule has 110 valence electrons. The number of hydrogen-bond acceptors (Lipinski definition) is 3. The van der Waals surface area contributed by atoms with E-state index in [4.69, 9.17) is 5.11 Å². The Labute approximate surface area is 127 Å². The third kappa shape index (κ3) is 3.31. The summed E-state index contributed by atoms with van der Waals surface area (Å²) < 4.78 is 0. The smallest absolute Gasteiger partial charge is 0.348 e. The summed E-state index contributed by atoms with van der Waals surface area (Å²) in [7, 11) is 0. The van der Waals surface area contributed by atoms with Crippen LogP contribution in [0.15, 0.2) is 35.7 Å². The summed E-state index contributed by atoms with van der Waals surface area (Å²) in [6.07, 6.45) is 0.654. The molecule has 1 unspecified atom stereocenters. The van der Waals surface area contributed by atoms with E-state index in [1.807, 2.05) is 37.3 Å². The van der Waals surface area contributed by atoms with Crippen LogP contribution in [-0.4, -0.2) is 17.0 Å². The van der Waals surface area contributed by atoms with Crippen molar-refractivity contribution in [1.29, 1.82) is 0 Å². The first kappa shape index (κ1) is 15.3. The van der Waals surface area contributed by atoms with Gasteiger partial charge < -0.3 is 10.4 Å². The Morgan fingerprint density at radius 2 is 1.95 bits per heavy atom. The van der Waals surface area contributed by atoms with Gasteiger partial charge in [-0.25, -0.2) is 4.79 Å². The van der Waals surface area contributed by atoms with Crippen molar-refractivity contribution in [3.8, 4) is 0 Å². The van der Waals surface area contributed by atoms with Crippen molar-refractivity contribution in [2.75, 3.05) is 5.32 Å². The molecule has 0 fully saturated rings. The Morgan fingerprint density at radius 1 is 1.29 bits per heavy atom. The first-order chi connectivity index (χ1) is 10.0. The van der Waals surface area contributed by atoms with E-state index in [0.29, 0.717) is 12.1 Å². The maximum Gasteiger partial charge on any atom is 0.348 e. The van der Waals surface area contributed by atoms with Crippen LogP contribution < -0.4 is 5.32 Å². The number of amides is 1. The molecular formula is C16H17NO3S. The van der Waals surface area contributed by atoms with E-state index in [2.05, 4.69) is 5.32 Å². The standard InChI is InChI=1S/C16H17NO3S/c1-3-12(11-7-5-4-6-8-11)15(18)17-13-10(2)9-21-14(13)16(19)20/h4-9,12H,3H2,1-2H3,(H,17,18)(H,19,20). The minimum atomic E-state index is -1.02. The molecule has 1 atom stereocenters. The second kappa shape index (κ2) is 6.54. The van der Waals surface area contributed by atoms with Crippen LogP contribution in [0.3, 0.4) is 0 Å². The average Bonchev–Trinajstić information content (AvgIpc) is 2.82. The van der Waals surface area contributed by atoms with Crippen LogP contribution in [-0.2, 0) is 4.79 Å². The van der Waals surface area contributed by atoms with Gasteiger partial charge in [-0.2, -0.15) is 0 Å². The maximum absolute atomic E-state index is 12.5. The van der Waals surface area contributed by atoms with Crippen molar-refractivity contribution >= 4 is 28.9 Å². The monoisotopic (exact) mass is 303 g/mol. The summed E-state index contributed by atoms with van der Waals surface area (Å²) in [5.74, 6) is -1.48. The average molecular weight is 303 g/mol. The number of anilines is 1. The zero-order chi connectivity index (χ0) is 15.4. The van der Waals surface area contributed by atoms with Gasteiger partial charge in [-0.1, -0.05) is 37.3 Å². The first-order valence-electron chi connectivity index (χ1n) is 6.71. The number of benzene rings is 1. The van der Waals surface area contributed by atoms with Crippen LogP contribution in [0.25, 0.3) is 0 Å². The molecule has 0 aliphatic carbocycles. The fourth-order valence-electron chi connectivity index (χ4n) is 2.23. The van der Waals surface area contributed by atoms with Gasteiger partial charge in [0.15, 0.2) is 0 Å². The maximum atomic E-state index is 12.5. The van der Waals surface area contributed by atoms with E-state index in [1.165, 1.54) is 0 Å². The SMILES string of the molecule is CCC(C(=O)Nc1c(C)csc1C(=O)O)c1ccccc1. The zero-order valence-electron chi connectivity index (χ0n) is 11.9. The number of hydrogen-bond donors (Lipinski definition) is 2. The molecule has 21 heavy (non-hydrogen) atoms. The van der Waals surface area contributed by atoms with Crippen LogP contribution in [0.1, 0.15) is 40.1 Å². The lowest BCUT2D eigenvalue weighted by Crippen LogP contribution is -2.21. The minimum absolute atomic E-state index is 0.170. The van der Waals surface area contributed by atoms with Gasteiger partial charge >= 0.3 is 5.97 Å². The van der Waals surface area contributed by atoms with Gasteiger partial charge in [0.25, 0.3) is 0 Å². The molecule has 0 saturated heterocycles. The van der Waals surface area contributed by atoms with Gasteiger partial charge in [-0.05, 0) is 29.9 Å². The molecule has 0 aliphatic rings. The fourth-order valence-corrected chi connectivity index (χ4v) is 3.07. The molecule has 2 N–H and O–H groups in total. The summed E-state index contributed by atoms with van der Waals surface area (Å²) in [6, 6.07) is 9.51. The van der Waals surface area contributed by atoms with Crippen molar-refractivity contribution < 1.29 is 14.7 Å². The van der Waals surface area contributed by atoms with Crippen molar-refractivity contribution in [3.05, 3.63) is 51.7 Å². The number of aryl methyl sites for hydroxylation is 1. The van der Waals surface area contributed by atoms with E-state index in [0.717, 1.165) is 22.5 Å². The van der Waals surface area contributed by atoms with E-state index in [9.17, 15) is 9.59 Å². The molecule has 2 rings (SSSR count). The Morgan fingerprint density at radius 3 is 2.52 bits per heavy atom. The van der Waals surface area contributed by atoms with Crippen LogP contribution in [0.4, 0.5) is 5.69 Å².